The molecule has 0 aliphatic carbocycles. The predicted octanol–water partition coefficient (Wildman–Crippen LogP) is 12.0. The van der Waals surface area contributed by atoms with Crippen LogP contribution in [0.4, 0.5) is 0 Å². The van der Waals surface area contributed by atoms with E-state index in [-0.39, 0.29) is 26.4 Å². The van der Waals surface area contributed by atoms with E-state index >= 15 is 0 Å². The van der Waals surface area contributed by atoms with Gasteiger partial charge in [0.05, 0.1) is 31.8 Å². The zero-order valence-corrected chi connectivity index (χ0v) is 33.7. The molecule has 10 aromatic carbocycles. The SMILES string of the molecule is OCc1ccc2cc(C(c3ccccc3)(c3ccccc3)c3ccc4cc(CO)ccc4c3)ccc2c1.OCc1ccc2ccccc2c1-c1c(CO)ccc2ccccc12. The fraction of sp³-hybridized carbons (Fsp3) is 0.0877. The minimum atomic E-state index is -0.545. The Morgan fingerprint density at radius 3 is 1.05 bits per heavy atom. The van der Waals surface area contributed by atoms with Crippen molar-refractivity contribution in [2.24, 2.45) is 0 Å². The molecule has 0 fully saturated rings. The summed E-state index contributed by atoms with van der Waals surface area (Å²) in [6.07, 6.45) is 0. The first-order chi connectivity index (χ1) is 30.0. The van der Waals surface area contributed by atoms with Gasteiger partial charge in [-0.1, -0.05) is 182 Å². The molecule has 4 nitrogen and oxygen atoms in total. The minimum Gasteiger partial charge on any atom is -0.392 e. The third-order valence-corrected chi connectivity index (χ3v) is 12.1. The van der Waals surface area contributed by atoms with Gasteiger partial charge in [0.2, 0.25) is 0 Å². The second-order valence-corrected chi connectivity index (χ2v) is 15.5. The summed E-state index contributed by atoms with van der Waals surface area (Å²) in [5, 5.41) is 48.0. The number of fused-ring (bicyclic) bond motifs is 4. The quantitative estimate of drug-likeness (QED) is 0.110. The first-order valence-corrected chi connectivity index (χ1v) is 20.7. The van der Waals surface area contributed by atoms with Crippen molar-refractivity contribution < 1.29 is 20.4 Å². The largest absolute Gasteiger partial charge is 0.392 e. The van der Waals surface area contributed by atoms with E-state index in [1.54, 1.807) is 0 Å². The van der Waals surface area contributed by atoms with Crippen LogP contribution in [-0.4, -0.2) is 20.4 Å². The summed E-state index contributed by atoms with van der Waals surface area (Å²) in [6.45, 7) is -0.00198. The lowest BCUT2D eigenvalue weighted by molar-refractivity contribution is 0.280. The molecule has 0 aliphatic heterocycles. The first kappa shape index (κ1) is 39.5. The molecule has 0 radical (unpaired) electrons. The van der Waals surface area contributed by atoms with E-state index in [1.807, 2.05) is 60.7 Å². The summed E-state index contributed by atoms with van der Waals surface area (Å²) in [4.78, 5) is 0. The van der Waals surface area contributed by atoms with Gasteiger partial charge in [-0.2, -0.15) is 0 Å². The van der Waals surface area contributed by atoms with Crippen LogP contribution in [0.15, 0.2) is 206 Å². The Hall–Kier alpha value is -6.92. The summed E-state index contributed by atoms with van der Waals surface area (Å²) in [6, 6.07) is 71.4. The van der Waals surface area contributed by atoms with Crippen LogP contribution in [0.3, 0.4) is 0 Å². The molecule has 4 heteroatoms. The maximum Gasteiger partial charge on any atom is 0.0702 e. The lowest BCUT2D eigenvalue weighted by atomic mass is 9.64. The molecule has 0 spiro atoms. The van der Waals surface area contributed by atoms with E-state index in [4.69, 9.17) is 0 Å². The number of hydrogen-bond donors (Lipinski definition) is 4. The Kier molecular flexibility index (Phi) is 11.2. The van der Waals surface area contributed by atoms with Crippen LogP contribution in [0, 0.1) is 0 Å². The van der Waals surface area contributed by atoms with Crippen molar-refractivity contribution >= 4 is 43.1 Å². The van der Waals surface area contributed by atoms with Crippen LogP contribution < -0.4 is 0 Å². The van der Waals surface area contributed by atoms with Crippen LogP contribution in [0.1, 0.15) is 44.5 Å². The summed E-state index contributed by atoms with van der Waals surface area (Å²) >= 11 is 0. The van der Waals surface area contributed by atoms with Crippen molar-refractivity contribution in [1.29, 1.82) is 0 Å². The Morgan fingerprint density at radius 1 is 0.279 bits per heavy atom. The van der Waals surface area contributed by atoms with Gasteiger partial charge in [-0.25, -0.2) is 0 Å². The lowest BCUT2D eigenvalue weighted by Crippen LogP contribution is -2.31. The Bertz CT molecular complexity index is 2920. The zero-order valence-electron chi connectivity index (χ0n) is 33.7. The molecule has 10 aromatic rings. The van der Waals surface area contributed by atoms with Gasteiger partial charge >= 0.3 is 0 Å². The van der Waals surface area contributed by atoms with Crippen molar-refractivity contribution in [3.63, 3.8) is 0 Å². The lowest BCUT2D eigenvalue weighted by Gasteiger charge is -2.37. The van der Waals surface area contributed by atoms with E-state index in [9.17, 15) is 20.4 Å². The van der Waals surface area contributed by atoms with E-state index in [0.29, 0.717) is 0 Å². The molecule has 0 aromatic heterocycles. The van der Waals surface area contributed by atoms with E-state index < -0.39 is 5.41 Å². The smallest absolute Gasteiger partial charge is 0.0702 e. The molecule has 0 unspecified atom stereocenters. The second kappa shape index (κ2) is 17.4. The molecule has 298 valence electrons. The molecule has 0 heterocycles. The Labute approximate surface area is 355 Å². The molecule has 0 amide bonds. The number of benzene rings is 10. The third-order valence-electron chi connectivity index (χ3n) is 12.1. The molecular formula is C57H46O4. The van der Waals surface area contributed by atoms with Crippen molar-refractivity contribution in [3.8, 4) is 11.1 Å². The van der Waals surface area contributed by atoms with Crippen LogP contribution in [0.2, 0.25) is 0 Å². The fourth-order valence-electron chi connectivity index (χ4n) is 9.12. The van der Waals surface area contributed by atoms with Gasteiger partial charge in [-0.15, -0.1) is 0 Å². The summed E-state index contributed by atoms with van der Waals surface area (Å²) < 4.78 is 0. The van der Waals surface area contributed by atoms with Crippen molar-refractivity contribution in [2.45, 2.75) is 31.8 Å². The highest BCUT2D eigenvalue weighted by atomic mass is 16.3. The van der Waals surface area contributed by atoms with Crippen LogP contribution >= 0.6 is 0 Å². The van der Waals surface area contributed by atoms with Crippen LogP contribution in [-0.2, 0) is 31.8 Å². The maximum atomic E-state index is 9.91. The molecule has 10 rings (SSSR count). The average molecular weight is 795 g/mol. The zero-order chi connectivity index (χ0) is 41.8. The summed E-state index contributed by atoms with van der Waals surface area (Å²) in [7, 11) is 0. The van der Waals surface area contributed by atoms with E-state index in [1.165, 1.54) is 22.3 Å². The Morgan fingerprint density at radius 2 is 0.639 bits per heavy atom. The number of aliphatic hydroxyl groups is 4. The second-order valence-electron chi connectivity index (χ2n) is 15.5. The number of rotatable bonds is 9. The third kappa shape index (κ3) is 7.37. The average Bonchev–Trinajstić information content (AvgIpc) is 3.34. The standard InChI is InChI=1S/C35H28O2.C22H18O2/c36-23-25-11-13-29-21-33(17-15-27(29)19-25)35(31-7-3-1-4-8-31,32-9-5-2-6-10-32)34-18-16-28-20-26(24-37)12-14-30(28)22-34;23-13-17-11-9-15-5-1-3-7-19(15)21(17)22-18(14-24)12-10-16-6-2-4-8-20(16)22/h1-22,36-37H,23-24H2;1-12,23-24H,13-14H2. The van der Waals surface area contributed by atoms with Gasteiger partial charge in [0.1, 0.15) is 0 Å². The normalized spacial score (nSPS) is 11.5. The number of hydrogen-bond acceptors (Lipinski definition) is 4. The molecule has 0 saturated carbocycles. The van der Waals surface area contributed by atoms with Gasteiger partial charge in [0.25, 0.3) is 0 Å². The highest BCUT2D eigenvalue weighted by Gasteiger charge is 2.38. The first-order valence-electron chi connectivity index (χ1n) is 20.7. The summed E-state index contributed by atoms with van der Waals surface area (Å²) in [5.41, 5.74) is 9.80. The van der Waals surface area contributed by atoms with E-state index in [2.05, 4.69) is 146 Å². The molecule has 0 bridgehead atoms. The highest BCUT2D eigenvalue weighted by Crippen LogP contribution is 2.47. The number of aliphatic hydroxyl groups excluding tert-OH is 4. The van der Waals surface area contributed by atoms with Gasteiger partial charge in [-0.05, 0) is 123 Å². The molecule has 0 aliphatic rings. The molecule has 61 heavy (non-hydrogen) atoms. The van der Waals surface area contributed by atoms with Crippen molar-refractivity contribution in [1.82, 2.24) is 0 Å². The van der Waals surface area contributed by atoms with E-state index in [0.717, 1.165) is 76.5 Å². The van der Waals surface area contributed by atoms with Crippen LogP contribution in [0.25, 0.3) is 54.2 Å². The molecule has 0 saturated heterocycles. The van der Waals surface area contributed by atoms with Gasteiger partial charge in [-0.3, -0.25) is 0 Å². The van der Waals surface area contributed by atoms with Gasteiger partial charge in [0.15, 0.2) is 0 Å². The Balaban J connectivity index is 0.000000171. The fourth-order valence-corrected chi connectivity index (χ4v) is 9.12. The molecule has 4 N–H and O–H groups in total. The molecular weight excluding hydrogens is 749 g/mol. The molecule has 0 atom stereocenters. The van der Waals surface area contributed by atoms with Crippen molar-refractivity contribution in [3.05, 3.63) is 251 Å². The maximum absolute atomic E-state index is 9.91. The topological polar surface area (TPSA) is 80.9 Å². The van der Waals surface area contributed by atoms with Gasteiger partial charge in [0, 0.05) is 0 Å². The van der Waals surface area contributed by atoms with Gasteiger partial charge < -0.3 is 20.4 Å². The highest BCUT2D eigenvalue weighted by molar-refractivity contribution is 6.07. The van der Waals surface area contributed by atoms with Crippen molar-refractivity contribution in [2.75, 3.05) is 0 Å². The minimum absolute atomic E-state index is 0.0325. The van der Waals surface area contributed by atoms with Crippen LogP contribution in [0.5, 0.6) is 0 Å². The predicted molar refractivity (Wildman–Crippen MR) is 250 cm³/mol. The monoisotopic (exact) mass is 794 g/mol. The summed E-state index contributed by atoms with van der Waals surface area (Å²) in [5.74, 6) is 0.